The average molecular weight is 395 g/mol. The van der Waals surface area contributed by atoms with Crippen LogP contribution in [-0.2, 0) is 13.6 Å². The van der Waals surface area contributed by atoms with Crippen LogP contribution < -0.4 is 16.4 Å². The number of piperidine rings is 1. The number of nitrogens with one attached hydrogen (secondary N) is 1. The first kappa shape index (κ1) is 19.3. The monoisotopic (exact) mass is 395 g/mol. The largest absolute Gasteiger partial charge is 0.354 e. The lowest BCUT2D eigenvalue weighted by molar-refractivity contribution is 0.148. The molecule has 0 saturated carbocycles. The first-order valence-electron chi connectivity index (χ1n) is 9.95. The van der Waals surface area contributed by atoms with Gasteiger partial charge < -0.3 is 5.32 Å². The molecule has 1 fully saturated rings. The summed E-state index contributed by atoms with van der Waals surface area (Å²) < 4.78 is 3.03. The molecule has 0 bridgehead atoms. The molecule has 0 aromatic carbocycles. The number of hydrogen-bond acceptors (Lipinski definition) is 7. The predicted molar refractivity (Wildman–Crippen MR) is 111 cm³/mol. The van der Waals surface area contributed by atoms with Gasteiger partial charge in [-0.1, -0.05) is 6.42 Å². The summed E-state index contributed by atoms with van der Waals surface area (Å²) >= 11 is 0. The van der Waals surface area contributed by atoms with Gasteiger partial charge in [0, 0.05) is 44.6 Å². The maximum Gasteiger partial charge on any atom is 0.266 e. The molecule has 152 valence electrons. The van der Waals surface area contributed by atoms with E-state index in [0.717, 1.165) is 32.4 Å². The second-order valence-corrected chi connectivity index (χ2v) is 7.33. The normalized spacial score (nSPS) is 17.5. The molecular weight excluding hydrogens is 370 g/mol. The Bertz CT molecular complexity index is 1110. The summed E-state index contributed by atoms with van der Waals surface area (Å²) in [6, 6.07) is 6.97. The molecule has 1 atom stereocenters. The van der Waals surface area contributed by atoms with E-state index >= 15 is 0 Å². The van der Waals surface area contributed by atoms with Crippen molar-refractivity contribution in [3.63, 3.8) is 0 Å². The predicted octanol–water partition coefficient (Wildman–Crippen LogP) is 0.852. The zero-order chi connectivity index (χ0) is 20.2. The Hall–Kier alpha value is -3.07. The number of aromatic nitrogens is 5. The van der Waals surface area contributed by atoms with E-state index in [1.807, 2.05) is 0 Å². The number of nitrogens with zero attached hydrogens (tertiary/aromatic N) is 6. The number of hydrogen-bond donors (Lipinski definition) is 1. The Morgan fingerprint density at radius 3 is 2.86 bits per heavy atom. The minimum Gasteiger partial charge on any atom is -0.354 e. The molecule has 1 aliphatic rings. The van der Waals surface area contributed by atoms with E-state index in [-0.39, 0.29) is 11.1 Å². The van der Waals surface area contributed by atoms with E-state index in [9.17, 15) is 9.59 Å². The SMILES string of the molecule is Cn1c(NCC2CCCCN2CCn2ncccc2=O)nc2ncccc2c1=O. The molecule has 4 heterocycles. The third kappa shape index (κ3) is 4.19. The molecular formula is C20H25N7O2. The van der Waals surface area contributed by atoms with Crippen LogP contribution in [0.15, 0.2) is 46.2 Å². The lowest BCUT2D eigenvalue weighted by Crippen LogP contribution is -2.46. The highest BCUT2D eigenvalue weighted by molar-refractivity contribution is 5.74. The highest BCUT2D eigenvalue weighted by Crippen LogP contribution is 2.17. The summed E-state index contributed by atoms with van der Waals surface area (Å²) in [5.74, 6) is 0.521. The van der Waals surface area contributed by atoms with Gasteiger partial charge in [0.1, 0.15) is 0 Å². The molecule has 0 amide bonds. The van der Waals surface area contributed by atoms with Gasteiger partial charge in [-0.3, -0.25) is 19.1 Å². The smallest absolute Gasteiger partial charge is 0.266 e. The lowest BCUT2D eigenvalue weighted by Gasteiger charge is -2.36. The maximum absolute atomic E-state index is 12.5. The van der Waals surface area contributed by atoms with Gasteiger partial charge in [0.05, 0.1) is 11.9 Å². The molecule has 1 aliphatic heterocycles. The van der Waals surface area contributed by atoms with Crippen molar-refractivity contribution >= 4 is 17.0 Å². The van der Waals surface area contributed by atoms with Crippen molar-refractivity contribution in [2.24, 2.45) is 7.05 Å². The molecule has 0 aliphatic carbocycles. The van der Waals surface area contributed by atoms with Gasteiger partial charge in [0.25, 0.3) is 11.1 Å². The van der Waals surface area contributed by atoms with Gasteiger partial charge in [-0.2, -0.15) is 10.1 Å². The van der Waals surface area contributed by atoms with Gasteiger partial charge in [-0.25, -0.2) is 9.67 Å². The molecule has 3 aromatic rings. The van der Waals surface area contributed by atoms with Gasteiger partial charge in [-0.15, -0.1) is 0 Å². The molecule has 9 heteroatoms. The number of pyridine rings is 1. The van der Waals surface area contributed by atoms with Crippen LogP contribution in [0.25, 0.3) is 11.0 Å². The fraction of sp³-hybridized carbons (Fsp3) is 0.450. The molecule has 3 aromatic heterocycles. The number of rotatable bonds is 6. The molecule has 0 radical (unpaired) electrons. The summed E-state index contributed by atoms with van der Waals surface area (Å²) in [4.78, 5) is 35.5. The summed E-state index contributed by atoms with van der Waals surface area (Å²) in [5, 5.41) is 7.99. The van der Waals surface area contributed by atoms with Crippen molar-refractivity contribution in [2.75, 3.05) is 25.0 Å². The zero-order valence-corrected chi connectivity index (χ0v) is 16.5. The Kier molecular flexibility index (Phi) is 5.66. The second-order valence-electron chi connectivity index (χ2n) is 7.33. The van der Waals surface area contributed by atoms with Crippen LogP contribution in [0.5, 0.6) is 0 Å². The van der Waals surface area contributed by atoms with E-state index in [0.29, 0.717) is 36.1 Å². The van der Waals surface area contributed by atoms with Gasteiger partial charge in [-0.05, 0) is 37.6 Å². The van der Waals surface area contributed by atoms with Crippen molar-refractivity contribution < 1.29 is 0 Å². The van der Waals surface area contributed by atoms with E-state index < -0.39 is 0 Å². The Balaban J connectivity index is 1.45. The highest BCUT2D eigenvalue weighted by atomic mass is 16.1. The van der Waals surface area contributed by atoms with Gasteiger partial charge in [0.15, 0.2) is 5.65 Å². The number of anilines is 1. The first-order chi connectivity index (χ1) is 14.1. The topological polar surface area (TPSA) is 97.9 Å². The van der Waals surface area contributed by atoms with E-state index in [4.69, 9.17) is 0 Å². The van der Waals surface area contributed by atoms with E-state index in [2.05, 4.69) is 25.3 Å². The molecule has 4 rings (SSSR count). The molecule has 0 spiro atoms. The van der Waals surface area contributed by atoms with Crippen molar-refractivity contribution in [2.45, 2.75) is 31.8 Å². The van der Waals surface area contributed by atoms with E-state index in [1.54, 1.807) is 37.6 Å². The maximum atomic E-state index is 12.5. The average Bonchev–Trinajstić information content (AvgIpc) is 2.75. The van der Waals surface area contributed by atoms with Crippen molar-refractivity contribution in [3.8, 4) is 0 Å². The van der Waals surface area contributed by atoms with Crippen LogP contribution in [0.2, 0.25) is 0 Å². The van der Waals surface area contributed by atoms with Crippen LogP contribution in [0.4, 0.5) is 5.95 Å². The Labute approximate surface area is 168 Å². The van der Waals surface area contributed by atoms with Gasteiger partial charge >= 0.3 is 0 Å². The Morgan fingerprint density at radius 1 is 1.14 bits per heavy atom. The lowest BCUT2D eigenvalue weighted by atomic mass is 10.0. The van der Waals surface area contributed by atoms with Crippen molar-refractivity contribution in [3.05, 3.63) is 57.4 Å². The molecule has 1 saturated heterocycles. The van der Waals surface area contributed by atoms with Crippen LogP contribution in [-0.4, -0.2) is 54.9 Å². The standard InChI is InChI=1S/C20H25N7O2/c1-25-19(29)16-7-4-9-21-18(16)24-20(25)22-14-15-6-2-3-11-26(15)12-13-27-17(28)8-5-10-23-27/h4-5,7-10,15H,2-3,6,11-14H2,1H3,(H,21,22,24). The first-order valence-corrected chi connectivity index (χ1v) is 9.95. The van der Waals surface area contributed by atoms with Crippen LogP contribution in [0.1, 0.15) is 19.3 Å². The summed E-state index contributed by atoms with van der Waals surface area (Å²) in [7, 11) is 1.72. The molecule has 1 N–H and O–H groups in total. The minimum atomic E-state index is -0.111. The molecule has 9 nitrogen and oxygen atoms in total. The van der Waals surface area contributed by atoms with Crippen LogP contribution in [0.3, 0.4) is 0 Å². The van der Waals surface area contributed by atoms with Gasteiger partial charge in [0.2, 0.25) is 5.95 Å². The fourth-order valence-corrected chi connectivity index (χ4v) is 3.84. The van der Waals surface area contributed by atoms with Crippen LogP contribution in [0, 0.1) is 0 Å². The second kappa shape index (κ2) is 8.52. The van der Waals surface area contributed by atoms with Crippen molar-refractivity contribution in [1.82, 2.24) is 29.2 Å². The Morgan fingerprint density at radius 2 is 2.00 bits per heavy atom. The fourth-order valence-electron chi connectivity index (χ4n) is 3.84. The quantitative estimate of drug-likeness (QED) is 0.661. The van der Waals surface area contributed by atoms with E-state index in [1.165, 1.54) is 15.3 Å². The molecule has 1 unspecified atom stereocenters. The summed E-state index contributed by atoms with van der Waals surface area (Å²) in [6.45, 7) is 2.98. The zero-order valence-electron chi connectivity index (χ0n) is 16.5. The highest BCUT2D eigenvalue weighted by Gasteiger charge is 2.22. The molecule has 29 heavy (non-hydrogen) atoms. The summed E-state index contributed by atoms with van der Waals surface area (Å²) in [6.07, 6.45) is 6.64. The number of likely N-dealkylation sites (tertiary alicyclic amines) is 1. The van der Waals surface area contributed by atoms with Crippen LogP contribution >= 0.6 is 0 Å². The third-order valence-corrected chi connectivity index (χ3v) is 5.48. The summed E-state index contributed by atoms with van der Waals surface area (Å²) in [5.41, 5.74) is 0.260. The minimum absolute atomic E-state index is 0.0814. The number of fused-ring (bicyclic) bond motifs is 1. The van der Waals surface area contributed by atoms with Crippen molar-refractivity contribution in [1.29, 1.82) is 0 Å². The third-order valence-electron chi connectivity index (χ3n) is 5.48.